The molecule has 0 saturated heterocycles. The van der Waals surface area contributed by atoms with Crippen molar-refractivity contribution < 1.29 is 9.90 Å². The molecule has 6 heteroatoms. The van der Waals surface area contributed by atoms with E-state index < -0.39 is 5.97 Å². The first kappa shape index (κ1) is 11.9. The summed E-state index contributed by atoms with van der Waals surface area (Å²) >= 11 is 7.09. The number of hydrogen-bond acceptors (Lipinski definition) is 4. The Labute approximate surface area is 107 Å². The molecule has 0 bridgehead atoms. The van der Waals surface area contributed by atoms with E-state index in [0.717, 1.165) is 5.56 Å². The maximum Gasteiger partial charge on any atom is 0.356 e. The van der Waals surface area contributed by atoms with Crippen LogP contribution in [0, 0.1) is 0 Å². The molecule has 1 aromatic heterocycles. The van der Waals surface area contributed by atoms with Gasteiger partial charge < -0.3 is 10.4 Å². The number of carboxylic acids is 1. The van der Waals surface area contributed by atoms with Gasteiger partial charge in [-0.25, -0.2) is 9.78 Å². The highest BCUT2D eigenvalue weighted by molar-refractivity contribution is 7.19. The Balaban J connectivity index is 2.53. The molecule has 2 N–H and O–H groups in total. The number of anilines is 1. The largest absolute Gasteiger partial charge is 0.476 e. The average molecular weight is 269 g/mol. The molecule has 0 spiro atoms. The maximum absolute atomic E-state index is 11.1. The van der Waals surface area contributed by atoms with Gasteiger partial charge >= 0.3 is 5.97 Å². The molecule has 0 aliphatic rings. The minimum absolute atomic E-state index is 0.0571. The lowest BCUT2D eigenvalue weighted by molar-refractivity contribution is 0.0692. The van der Waals surface area contributed by atoms with E-state index in [1.807, 2.05) is 0 Å². The topological polar surface area (TPSA) is 62.2 Å². The van der Waals surface area contributed by atoms with Gasteiger partial charge in [-0.2, -0.15) is 0 Å². The number of hydrogen-bond donors (Lipinski definition) is 2. The van der Waals surface area contributed by atoms with Gasteiger partial charge in [-0.1, -0.05) is 35.1 Å². The van der Waals surface area contributed by atoms with Gasteiger partial charge in [0.25, 0.3) is 0 Å². The highest BCUT2D eigenvalue weighted by Crippen LogP contribution is 2.33. The van der Waals surface area contributed by atoms with E-state index in [4.69, 9.17) is 16.7 Å². The number of halogens is 1. The molecule has 0 atom stereocenters. The van der Waals surface area contributed by atoms with Crippen molar-refractivity contribution in [1.82, 2.24) is 4.98 Å². The van der Waals surface area contributed by atoms with Crippen LogP contribution in [0.2, 0.25) is 5.02 Å². The van der Waals surface area contributed by atoms with Gasteiger partial charge in [0.2, 0.25) is 0 Å². The van der Waals surface area contributed by atoms with Crippen LogP contribution >= 0.6 is 22.9 Å². The molecule has 0 radical (unpaired) electrons. The van der Waals surface area contributed by atoms with Gasteiger partial charge in [-0.05, 0) is 17.7 Å². The van der Waals surface area contributed by atoms with Crippen LogP contribution in [-0.4, -0.2) is 23.1 Å². The van der Waals surface area contributed by atoms with Gasteiger partial charge in [0, 0.05) is 12.1 Å². The fourth-order valence-corrected chi connectivity index (χ4v) is 2.41. The quantitative estimate of drug-likeness (QED) is 0.897. The van der Waals surface area contributed by atoms with E-state index in [9.17, 15) is 4.79 Å². The predicted molar refractivity (Wildman–Crippen MR) is 69.1 cm³/mol. The molecule has 1 heterocycles. The summed E-state index contributed by atoms with van der Waals surface area (Å²) in [5, 5.41) is 13.1. The molecule has 0 aliphatic heterocycles. The summed E-state index contributed by atoms with van der Waals surface area (Å²) in [6.07, 6.45) is 0. The number of rotatable bonds is 3. The van der Waals surface area contributed by atoms with Crippen LogP contribution in [0.1, 0.15) is 10.5 Å². The van der Waals surface area contributed by atoms with E-state index in [-0.39, 0.29) is 5.69 Å². The smallest absolute Gasteiger partial charge is 0.356 e. The summed E-state index contributed by atoms with van der Waals surface area (Å²) in [4.78, 5) is 15.7. The van der Waals surface area contributed by atoms with E-state index in [0.29, 0.717) is 15.0 Å². The minimum atomic E-state index is -1.03. The molecule has 0 fully saturated rings. The number of nitrogens with zero attached hydrogens (tertiary/aromatic N) is 1. The lowest BCUT2D eigenvalue weighted by Crippen LogP contribution is -1.99. The summed E-state index contributed by atoms with van der Waals surface area (Å²) in [5.74, 6) is -1.03. The zero-order chi connectivity index (χ0) is 12.4. The van der Waals surface area contributed by atoms with Crippen molar-refractivity contribution in [1.29, 1.82) is 0 Å². The molecule has 4 nitrogen and oxygen atoms in total. The van der Waals surface area contributed by atoms with Gasteiger partial charge in [0.15, 0.2) is 10.8 Å². The molecular weight excluding hydrogens is 260 g/mol. The molecule has 0 saturated carbocycles. The lowest BCUT2D eigenvalue weighted by Gasteiger charge is -1.98. The van der Waals surface area contributed by atoms with E-state index in [1.165, 1.54) is 11.3 Å². The lowest BCUT2D eigenvalue weighted by atomic mass is 10.1. The number of thiazole rings is 1. The molecule has 0 amide bonds. The summed E-state index contributed by atoms with van der Waals surface area (Å²) in [6.45, 7) is 0. The normalized spacial score (nSPS) is 10.2. The molecule has 0 unspecified atom stereocenters. The van der Waals surface area contributed by atoms with Crippen LogP contribution in [0.15, 0.2) is 24.3 Å². The molecule has 0 aliphatic carbocycles. The molecule has 17 heavy (non-hydrogen) atoms. The Morgan fingerprint density at radius 2 is 2.06 bits per heavy atom. The van der Waals surface area contributed by atoms with E-state index in [1.54, 1.807) is 31.3 Å². The number of benzene rings is 1. The van der Waals surface area contributed by atoms with Crippen LogP contribution in [0.3, 0.4) is 0 Å². The summed E-state index contributed by atoms with van der Waals surface area (Å²) in [6, 6.07) is 7.01. The summed E-state index contributed by atoms with van der Waals surface area (Å²) < 4.78 is 0. The highest BCUT2D eigenvalue weighted by Gasteiger charge is 2.18. The minimum Gasteiger partial charge on any atom is -0.476 e. The van der Waals surface area contributed by atoms with Crippen molar-refractivity contribution in [2.24, 2.45) is 0 Å². The number of carbonyl (C=O) groups is 1. The van der Waals surface area contributed by atoms with E-state index in [2.05, 4.69) is 10.3 Å². The van der Waals surface area contributed by atoms with Crippen molar-refractivity contribution in [3.05, 3.63) is 35.0 Å². The summed E-state index contributed by atoms with van der Waals surface area (Å²) in [7, 11) is 1.70. The second-order valence-corrected chi connectivity index (χ2v) is 4.69. The summed E-state index contributed by atoms with van der Waals surface area (Å²) in [5.41, 5.74) is 0.854. The van der Waals surface area contributed by atoms with Crippen molar-refractivity contribution in [2.45, 2.75) is 0 Å². The number of aromatic nitrogens is 1. The van der Waals surface area contributed by atoms with Crippen LogP contribution in [0.25, 0.3) is 10.4 Å². The first-order valence-electron chi connectivity index (χ1n) is 4.79. The van der Waals surface area contributed by atoms with Crippen molar-refractivity contribution in [2.75, 3.05) is 12.4 Å². The Kier molecular flexibility index (Phi) is 3.31. The molecule has 88 valence electrons. The average Bonchev–Trinajstić information content (AvgIpc) is 2.74. The first-order valence-corrected chi connectivity index (χ1v) is 5.99. The Bertz CT molecular complexity index is 551. The highest BCUT2D eigenvalue weighted by atomic mass is 35.5. The number of carboxylic acid groups (broad SMARTS) is 1. The standard InChI is InChI=1S/C11H9ClN2O2S/c1-13-11-14-8(10(15)16)9(17-11)6-2-4-7(12)5-3-6/h2-5H,1H3,(H,13,14)(H,15,16). The van der Waals surface area contributed by atoms with Crippen molar-refractivity contribution in [3.8, 4) is 10.4 Å². The zero-order valence-electron chi connectivity index (χ0n) is 8.90. The van der Waals surface area contributed by atoms with E-state index >= 15 is 0 Å². The van der Waals surface area contributed by atoms with Gasteiger partial charge in [-0.3, -0.25) is 0 Å². The van der Waals surface area contributed by atoms with Crippen LogP contribution < -0.4 is 5.32 Å². The second-order valence-electron chi connectivity index (χ2n) is 3.26. The van der Waals surface area contributed by atoms with Gasteiger partial charge in [-0.15, -0.1) is 0 Å². The van der Waals surface area contributed by atoms with Gasteiger partial charge in [0.1, 0.15) is 0 Å². The Morgan fingerprint density at radius 3 is 2.59 bits per heavy atom. The number of nitrogens with one attached hydrogen (secondary N) is 1. The third-order valence-electron chi connectivity index (χ3n) is 2.15. The fourth-order valence-electron chi connectivity index (χ4n) is 1.37. The molecule has 2 aromatic rings. The number of aromatic carboxylic acids is 1. The third-order valence-corrected chi connectivity index (χ3v) is 3.52. The Hall–Kier alpha value is -1.59. The van der Waals surface area contributed by atoms with Crippen LogP contribution in [0.5, 0.6) is 0 Å². The molecular formula is C11H9ClN2O2S. The van der Waals surface area contributed by atoms with Crippen LogP contribution in [-0.2, 0) is 0 Å². The molecule has 2 rings (SSSR count). The zero-order valence-corrected chi connectivity index (χ0v) is 10.5. The van der Waals surface area contributed by atoms with Crippen LogP contribution in [0.4, 0.5) is 5.13 Å². The van der Waals surface area contributed by atoms with Crippen molar-refractivity contribution >= 4 is 34.0 Å². The SMILES string of the molecule is CNc1nc(C(=O)O)c(-c2ccc(Cl)cc2)s1. The third kappa shape index (κ3) is 2.40. The molecule has 1 aromatic carbocycles. The predicted octanol–water partition coefficient (Wildman–Crippen LogP) is 3.20. The van der Waals surface area contributed by atoms with Crippen molar-refractivity contribution in [3.63, 3.8) is 0 Å². The first-order chi connectivity index (χ1) is 8.11. The second kappa shape index (κ2) is 4.73. The maximum atomic E-state index is 11.1. The van der Waals surface area contributed by atoms with Gasteiger partial charge in [0.05, 0.1) is 4.88 Å². The fraction of sp³-hybridized carbons (Fsp3) is 0.0909. The Morgan fingerprint density at radius 1 is 1.41 bits per heavy atom. The monoisotopic (exact) mass is 268 g/mol.